The molecule has 2 aliphatic rings. The van der Waals surface area contributed by atoms with E-state index in [9.17, 15) is 40.3 Å². The van der Waals surface area contributed by atoms with Crippen molar-refractivity contribution in [1.29, 1.82) is 0 Å². The maximum Gasteiger partial charge on any atom is 0.425 e. The number of nitrogens with zero attached hydrogens (tertiary/aromatic N) is 1. The molecule has 1 aromatic rings. The van der Waals surface area contributed by atoms with Gasteiger partial charge in [-0.3, -0.25) is 9.69 Å². The first-order chi connectivity index (χ1) is 13.5. The van der Waals surface area contributed by atoms with E-state index < -0.39 is 70.1 Å². The molecule has 0 saturated carbocycles. The van der Waals surface area contributed by atoms with E-state index >= 15 is 0 Å². The molecule has 1 aromatic carbocycles. The zero-order chi connectivity index (χ0) is 22.9. The van der Waals surface area contributed by atoms with Gasteiger partial charge in [0.15, 0.2) is 5.78 Å². The van der Waals surface area contributed by atoms with Gasteiger partial charge >= 0.3 is 18.4 Å². The number of nitrogens with one attached hydrogen (secondary N) is 1. The lowest BCUT2D eigenvalue weighted by atomic mass is 9.69. The highest BCUT2D eigenvalue weighted by atomic mass is 35.5. The number of carbonyl (C=O) groups is 2. The molecule has 164 valence electrons. The monoisotopic (exact) mass is 458 g/mol. The van der Waals surface area contributed by atoms with Crippen LogP contribution in [-0.4, -0.2) is 29.7 Å². The van der Waals surface area contributed by atoms with Gasteiger partial charge in [0, 0.05) is 12.1 Å². The molecule has 1 heterocycles. The molecule has 0 radical (unpaired) electrons. The predicted molar refractivity (Wildman–Crippen MR) is 92.3 cm³/mol. The van der Waals surface area contributed by atoms with E-state index in [2.05, 4.69) is 0 Å². The van der Waals surface area contributed by atoms with Gasteiger partial charge in [-0.2, -0.15) is 26.3 Å². The number of rotatable bonds is 1. The highest BCUT2D eigenvalue weighted by Crippen LogP contribution is 2.55. The Hall–Kier alpha value is -2.30. The SMILES string of the molecule is CC1(C)CC(=O)C2=C(C1)N(c1ccc(F)c(Cl)c1)C(=O)NC2(C(F)(F)F)C(F)(F)F. The van der Waals surface area contributed by atoms with Crippen molar-refractivity contribution < 1.29 is 40.3 Å². The van der Waals surface area contributed by atoms with Gasteiger partial charge in [0.25, 0.3) is 5.54 Å². The zero-order valence-electron chi connectivity index (χ0n) is 15.4. The smallest absolute Gasteiger partial charge is 0.312 e. The molecule has 1 aliphatic carbocycles. The summed E-state index contributed by atoms with van der Waals surface area (Å²) in [6, 6.07) is 0.875. The number of Topliss-reactive ketones (excluding diaryl/α,β-unsaturated/α-hetero) is 1. The fourth-order valence-corrected chi connectivity index (χ4v) is 3.96. The van der Waals surface area contributed by atoms with E-state index in [4.69, 9.17) is 11.6 Å². The summed E-state index contributed by atoms with van der Waals surface area (Å²) in [6.45, 7) is 2.94. The quantitative estimate of drug-likeness (QED) is 0.564. The van der Waals surface area contributed by atoms with Gasteiger partial charge < -0.3 is 5.32 Å². The summed E-state index contributed by atoms with van der Waals surface area (Å²) in [5, 5.41) is 0.464. The summed E-state index contributed by atoms with van der Waals surface area (Å²) in [5.74, 6) is -2.30. The van der Waals surface area contributed by atoms with Crippen molar-refractivity contribution in [3.63, 3.8) is 0 Å². The summed E-state index contributed by atoms with van der Waals surface area (Å²) < 4.78 is 96.5. The fraction of sp³-hybridized carbons (Fsp3) is 0.444. The molecule has 12 heteroatoms. The van der Waals surface area contributed by atoms with Crippen LogP contribution in [0.2, 0.25) is 5.02 Å². The second-order valence-corrected chi connectivity index (χ2v) is 8.28. The van der Waals surface area contributed by atoms with E-state index in [1.54, 1.807) is 0 Å². The van der Waals surface area contributed by atoms with Crippen molar-refractivity contribution >= 4 is 29.1 Å². The van der Waals surface area contributed by atoms with Crippen molar-refractivity contribution in [3.05, 3.63) is 40.3 Å². The number of alkyl halides is 6. The molecule has 3 rings (SSSR count). The summed E-state index contributed by atoms with van der Waals surface area (Å²) >= 11 is 5.67. The number of urea groups is 1. The summed E-state index contributed by atoms with van der Waals surface area (Å²) in [6.07, 6.45) is -13.1. The van der Waals surface area contributed by atoms with Crippen LogP contribution in [0.1, 0.15) is 26.7 Å². The van der Waals surface area contributed by atoms with E-state index in [0.29, 0.717) is 4.90 Å². The summed E-state index contributed by atoms with van der Waals surface area (Å²) in [4.78, 5) is 25.7. The number of amides is 2. The minimum atomic E-state index is -6.05. The van der Waals surface area contributed by atoms with Gasteiger partial charge in [-0.05, 0) is 30.0 Å². The van der Waals surface area contributed by atoms with Crippen molar-refractivity contribution in [2.45, 2.75) is 44.6 Å². The average Bonchev–Trinajstić information content (AvgIpc) is 2.53. The molecule has 1 aliphatic heterocycles. The van der Waals surface area contributed by atoms with Crippen LogP contribution < -0.4 is 10.2 Å². The molecule has 0 atom stereocenters. The Labute approximate surface area is 170 Å². The third kappa shape index (κ3) is 3.23. The van der Waals surface area contributed by atoms with E-state index in [-0.39, 0.29) is 5.69 Å². The number of hydrogen-bond acceptors (Lipinski definition) is 2. The maximum atomic E-state index is 13.8. The molecule has 4 nitrogen and oxygen atoms in total. The molecule has 0 spiro atoms. The maximum absolute atomic E-state index is 13.8. The number of hydrogen-bond donors (Lipinski definition) is 1. The number of allylic oxidation sites excluding steroid dienone is 1. The predicted octanol–water partition coefficient (Wildman–Crippen LogP) is 5.52. The molecule has 0 aromatic heterocycles. The standard InChI is InChI=1S/C18H14ClF7N2O2/c1-15(2)6-11-13(12(29)7-15)16(17(21,22)23,18(24,25)26)27-14(30)28(11)8-3-4-10(20)9(19)5-8/h3-5H,6-7H2,1-2H3,(H,27,30). The normalized spacial score (nSPS) is 21.5. The third-order valence-electron chi connectivity index (χ3n) is 5.01. The van der Waals surface area contributed by atoms with Crippen LogP contribution in [0.4, 0.5) is 41.2 Å². The highest BCUT2D eigenvalue weighted by molar-refractivity contribution is 6.31. The Morgan fingerprint density at radius 1 is 1.03 bits per heavy atom. The van der Waals surface area contributed by atoms with Gasteiger partial charge in [0.1, 0.15) is 5.82 Å². The van der Waals surface area contributed by atoms with Gasteiger partial charge in [-0.1, -0.05) is 25.4 Å². The van der Waals surface area contributed by atoms with Crippen molar-refractivity contribution in [3.8, 4) is 0 Å². The summed E-state index contributed by atoms with van der Waals surface area (Å²) in [7, 11) is 0. The minimum absolute atomic E-state index is 0.283. The molecule has 0 unspecified atom stereocenters. The van der Waals surface area contributed by atoms with Crippen LogP contribution in [-0.2, 0) is 4.79 Å². The first-order valence-corrected chi connectivity index (χ1v) is 8.87. The van der Waals surface area contributed by atoms with Crippen LogP contribution >= 0.6 is 11.6 Å². The topological polar surface area (TPSA) is 49.4 Å². The number of ketones is 1. The molecule has 2 amide bonds. The average molecular weight is 459 g/mol. The minimum Gasteiger partial charge on any atom is -0.312 e. The van der Waals surface area contributed by atoms with Crippen molar-refractivity contribution in [1.82, 2.24) is 5.32 Å². The second kappa shape index (κ2) is 6.60. The van der Waals surface area contributed by atoms with E-state index in [1.165, 1.54) is 13.8 Å². The zero-order valence-corrected chi connectivity index (χ0v) is 16.2. The van der Waals surface area contributed by atoms with Crippen LogP contribution in [0.5, 0.6) is 0 Å². The molecule has 1 N–H and O–H groups in total. The van der Waals surface area contributed by atoms with Crippen LogP contribution in [0.3, 0.4) is 0 Å². The van der Waals surface area contributed by atoms with Gasteiger partial charge in [-0.15, -0.1) is 0 Å². The van der Waals surface area contributed by atoms with Crippen LogP contribution in [0.15, 0.2) is 29.5 Å². The highest BCUT2D eigenvalue weighted by Gasteiger charge is 2.77. The molecule has 30 heavy (non-hydrogen) atoms. The lowest BCUT2D eigenvalue weighted by Crippen LogP contribution is -2.74. The first kappa shape index (κ1) is 22.4. The van der Waals surface area contributed by atoms with Gasteiger partial charge in [-0.25, -0.2) is 9.18 Å². The number of halogens is 8. The Balaban J connectivity index is 2.39. The van der Waals surface area contributed by atoms with Gasteiger partial charge in [0.05, 0.1) is 16.3 Å². The second-order valence-electron chi connectivity index (χ2n) is 7.87. The van der Waals surface area contributed by atoms with Gasteiger partial charge in [0.2, 0.25) is 0 Å². The third-order valence-corrected chi connectivity index (χ3v) is 5.30. The molecule has 0 saturated heterocycles. The number of carbonyl (C=O) groups excluding carboxylic acids is 2. The molecule has 0 fully saturated rings. The Morgan fingerprint density at radius 2 is 1.60 bits per heavy atom. The Morgan fingerprint density at radius 3 is 2.10 bits per heavy atom. The Bertz CT molecular complexity index is 952. The molecular weight excluding hydrogens is 445 g/mol. The number of benzene rings is 1. The fourth-order valence-electron chi connectivity index (χ4n) is 3.79. The molecule has 0 bridgehead atoms. The first-order valence-electron chi connectivity index (χ1n) is 8.49. The largest absolute Gasteiger partial charge is 0.425 e. The van der Waals surface area contributed by atoms with Crippen molar-refractivity contribution in [2.24, 2.45) is 5.41 Å². The van der Waals surface area contributed by atoms with E-state index in [0.717, 1.165) is 23.5 Å². The molecular formula is C18H14ClF7N2O2. The van der Waals surface area contributed by atoms with E-state index in [1.807, 2.05) is 0 Å². The lowest BCUT2D eigenvalue weighted by molar-refractivity contribution is -0.291. The number of anilines is 1. The van der Waals surface area contributed by atoms with Crippen LogP contribution in [0.25, 0.3) is 0 Å². The van der Waals surface area contributed by atoms with Crippen molar-refractivity contribution in [2.75, 3.05) is 4.90 Å². The summed E-state index contributed by atoms with van der Waals surface area (Å²) in [5.41, 5.74) is -8.52. The van der Waals surface area contributed by atoms with Crippen LogP contribution in [0, 0.1) is 11.2 Å². The Kier molecular flexibility index (Phi) is 4.92. The lowest BCUT2D eigenvalue weighted by Gasteiger charge is -2.49.